The minimum Gasteiger partial charge on any atom is -0.371 e. The number of halogens is 1. The van der Waals surface area contributed by atoms with Gasteiger partial charge in [0.2, 0.25) is 0 Å². The molecule has 4 rings (SSSR count). The molecular formula is C22H28IN7. The molecule has 0 amide bonds. The van der Waals surface area contributed by atoms with Crippen molar-refractivity contribution >= 4 is 35.6 Å². The minimum absolute atomic E-state index is 0. The fourth-order valence-corrected chi connectivity index (χ4v) is 3.67. The van der Waals surface area contributed by atoms with E-state index < -0.39 is 0 Å². The maximum absolute atomic E-state index is 4.40. The molecule has 3 N–H and O–H groups in total. The van der Waals surface area contributed by atoms with E-state index in [-0.39, 0.29) is 24.0 Å². The smallest absolute Gasteiger partial charge is 0.191 e. The number of benzene rings is 2. The van der Waals surface area contributed by atoms with Crippen LogP contribution in [0.3, 0.4) is 0 Å². The summed E-state index contributed by atoms with van der Waals surface area (Å²) >= 11 is 0. The topological polar surface area (TPSA) is 81.2 Å². The van der Waals surface area contributed by atoms with Gasteiger partial charge in [-0.1, -0.05) is 36.4 Å². The first-order valence-electron chi connectivity index (χ1n) is 10.0. The zero-order valence-electron chi connectivity index (χ0n) is 17.1. The average Bonchev–Trinajstić information content (AvgIpc) is 3.33. The third-order valence-electron chi connectivity index (χ3n) is 5.26. The van der Waals surface area contributed by atoms with Crippen molar-refractivity contribution in [3.05, 3.63) is 66.5 Å². The zero-order chi connectivity index (χ0) is 19.9. The molecule has 2 aromatic carbocycles. The number of aromatic amines is 1. The van der Waals surface area contributed by atoms with Gasteiger partial charge < -0.3 is 15.5 Å². The van der Waals surface area contributed by atoms with E-state index in [1.54, 1.807) is 0 Å². The van der Waals surface area contributed by atoms with Gasteiger partial charge in [0.05, 0.1) is 0 Å². The molecule has 0 bridgehead atoms. The summed E-state index contributed by atoms with van der Waals surface area (Å²) in [5.41, 5.74) is 3.50. The number of anilines is 1. The first-order chi connectivity index (χ1) is 14.3. The fourth-order valence-electron chi connectivity index (χ4n) is 3.67. The van der Waals surface area contributed by atoms with E-state index in [0.717, 1.165) is 43.3 Å². The van der Waals surface area contributed by atoms with Crippen LogP contribution in [-0.4, -0.2) is 47.3 Å². The SMILES string of the molecule is CN=C(NCc1cccc(-c2ncn[nH]2)c1)NC1CCN(c2ccccc2)CC1.I. The number of para-hydroxylation sites is 1. The number of rotatable bonds is 5. The Balaban J connectivity index is 0.00000256. The lowest BCUT2D eigenvalue weighted by Gasteiger charge is -2.34. The number of aliphatic imine (C=N–C) groups is 1. The molecule has 2 heterocycles. The number of nitrogens with zero attached hydrogens (tertiary/aromatic N) is 4. The number of piperidine rings is 1. The van der Waals surface area contributed by atoms with Gasteiger partial charge in [-0.15, -0.1) is 24.0 Å². The normalized spacial score (nSPS) is 14.8. The van der Waals surface area contributed by atoms with Crippen LogP contribution in [0.15, 0.2) is 65.9 Å². The summed E-state index contributed by atoms with van der Waals surface area (Å²) in [7, 11) is 1.82. The maximum Gasteiger partial charge on any atom is 0.191 e. The molecule has 3 aromatic rings. The molecule has 0 unspecified atom stereocenters. The molecule has 0 aliphatic carbocycles. The maximum atomic E-state index is 4.40. The Hall–Kier alpha value is -2.62. The van der Waals surface area contributed by atoms with Crippen molar-refractivity contribution in [2.24, 2.45) is 4.99 Å². The van der Waals surface area contributed by atoms with Gasteiger partial charge in [-0.05, 0) is 36.6 Å². The number of guanidine groups is 1. The first-order valence-corrected chi connectivity index (χ1v) is 10.0. The molecule has 158 valence electrons. The van der Waals surface area contributed by atoms with Crippen LogP contribution in [0.4, 0.5) is 5.69 Å². The van der Waals surface area contributed by atoms with Crippen LogP contribution in [0.5, 0.6) is 0 Å². The molecule has 8 heteroatoms. The molecule has 1 aliphatic rings. The average molecular weight is 517 g/mol. The summed E-state index contributed by atoms with van der Waals surface area (Å²) in [6.45, 7) is 2.81. The number of hydrogen-bond acceptors (Lipinski definition) is 4. The van der Waals surface area contributed by atoms with Crippen molar-refractivity contribution in [2.45, 2.75) is 25.4 Å². The van der Waals surface area contributed by atoms with Crippen LogP contribution in [-0.2, 0) is 6.54 Å². The second-order valence-corrected chi connectivity index (χ2v) is 7.20. The summed E-state index contributed by atoms with van der Waals surface area (Å²) in [5, 5.41) is 13.8. The lowest BCUT2D eigenvalue weighted by molar-refractivity contribution is 0.461. The highest BCUT2D eigenvalue weighted by atomic mass is 127. The molecule has 1 aromatic heterocycles. The van der Waals surface area contributed by atoms with E-state index in [1.165, 1.54) is 17.6 Å². The molecule has 0 spiro atoms. The second kappa shape index (κ2) is 11.0. The Bertz CT molecular complexity index is 920. The number of H-pyrrole nitrogens is 1. The van der Waals surface area contributed by atoms with Gasteiger partial charge in [-0.3, -0.25) is 10.1 Å². The van der Waals surface area contributed by atoms with Crippen LogP contribution >= 0.6 is 24.0 Å². The van der Waals surface area contributed by atoms with Gasteiger partial charge in [0.1, 0.15) is 6.33 Å². The summed E-state index contributed by atoms with van der Waals surface area (Å²) in [5.74, 6) is 1.62. The molecule has 0 atom stereocenters. The summed E-state index contributed by atoms with van der Waals surface area (Å²) in [6.07, 6.45) is 3.71. The lowest BCUT2D eigenvalue weighted by atomic mass is 10.0. The van der Waals surface area contributed by atoms with E-state index in [4.69, 9.17) is 0 Å². The predicted molar refractivity (Wildman–Crippen MR) is 132 cm³/mol. The highest BCUT2D eigenvalue weighted by Gasteiger charge is 2.20. The van der Waals surface area contributed by atoms with Crippen molar-refractivity contribution in [1.29, 1.82) is 0 Å². The Kier molecular flexibility index (Phi) is 8.06. The molecule has 30 heavy (non-hydrogen) atoms. The Morgan fingerprint density at radius 2 is 1.93 bits per heavy atom. The van der Waals surface area contributed by atoms with Crippen molar-refractivity contribution in [2.75, 3.05) is 25.0 Å². The summed E-state index contributed by atoms with van der Waals surface area (Å²) in [6, 6.07) is 19.3. The standard InChI is InChI=1S/C22H27N7.HI/c1-23-22(24-15-17-6-5-7-18(14-17)21-25-16-26-28-21)27-19-10-12-29(13-11-19)20-8-3-2-4-9-20;/h2-9,14,16,19H,10-13,15H2,1H3,(H2,23,24,27)(H,25,26,28);1H. The third kappa shape index (κ3) is 5.71. The monoisotopic (exact) mass is 517 g/mol. The van der Waals surface area contributed by atoms with Crippen LogP contribution in [0.1, 0.15) is 18.4 Å². The van der Waals surface area contributed by atoms with Gasteiger partial charge in [0.15, 0.2) is 11.8 Å². The van der Waals surface area contributed by atoms with Gasteiger partial charge >= 0.3 is 0 Å². The summed E-state index contributed by atoms with van der Waals surface area (Å²) < 4.78 is 0. The van der Waals surface area contributed by atoms with E-state index >= 15 is 0 Å². The van der Waals surface area contributed by atoms with Crippen molar-refractivity contribution in [1.82, 2.24) is 25.8 Å². The van der Waals surface area contributed by atoms with Crippen molar-refractivity contribution in [3.8, 4) is 11.4 Å². The second-order valence-electron chi connectivity index (χ2n) is 7.20. The Morgan fingerprint density at radius 3 is 2.63 bits per heavy atom. The number of aromatic nitrogens is 3. The molecule has 0 radical (unpaired) electrons. The molecule has 7 nitrogen and oxygen atoms in total. The van der Waals surface area contributed by atoms with Crippen LogP contribution in [0.25, 0.3) is 11.4 Å². The van der Waals surface area contributed by atoms with E-state index in [1.807, 2.05) is 19.2 Å². The Labute approximate surface area is 194 Å². The van der Waals surface area contributed by atoms with Gasteiger partial charge in [0, 0.05) is 44.0 Å². The third-order valence-corrected chi connectivity index (χ3v) is 5.26. The largest absolute Gasteiger partial charge is 0.371 e. The summed E-state index contributed by atoms with van der Waals surface area (Å²) in [4.78, 5) is 11.1. The number of nitrogens with one attached hydrogen (secondary N) is 3. The van der Waals surface area contributed by atoms with Gasteiger partial charge in [0.25, 0.3) is 0 Å². The van der Waals surface area contributed by atoms with Crippen molar-refractivity contribution < 1.29 is 0 Å². The van der Waals surface area contributed by atoms with E-state index in [0.29, 0.717) is 12.6 Å². The molecule has 1 fully saturated rings. The lowest BCUT2D eigenvalue weighted by Crippen LogP contribution is -2.48. The number of hydrogen-bond donors (Lipinski definition) is 3. The zero-order valence-corrected chi connectivity index (χ0v) is 19.4. The Morgan fingerprint density at radius 1 is 1.13 bits per heavy atom. The van der Waals surface area contributed by atoms with Gasteiger partial charge in [-0.2, -0.15) is 5.10 Å². The van der Waals surface area contributed by atoms with Gasteiger partial charge in [-0.25, -0.2) is 4.98 Å². The van der Waals surface area contributed by atoms with E-state index in [2.05, 4.69) is 78.2 Å². The predicted octanol–water partition coefficient (Wildman–Crippen LogP) is 3.42. The van der Waals surface area contributed by atoms with Crippen LogP contribution < -0.4 is 15.5 Å². The van der Waals surface area contributed by atoms with Crippen molar-refractivity contribution in [3.63, 3.8) is 0 Å². The molecule has 0 saturated carbocycles. The highest BCUT2D eigenvalue weighted by molar-refractivity contribution is 14.0. The highest BCUT2D eigenvalue weighted by Crippen LogP contribution is 2.19. The first kappa shape index (κ1) is 22.1. The molecule has 1 aliphatic heterocycles. The quantitative estimate of drug-likeness (QED) is 0.275. The van der Waals surface area contributed by atoms with Crippen LogP contribution in [0.2, 0.25) is 0 Å². The van der Waals surface area contributed by atoms with E-state index in [9.17, 15) is 0 Å². The fraction of sp³-hybridized carbons (Fsp3) is 0.318. The minimum atomic E-state index is 0. The van der Waals surface area contributed by atoms with Crippen LogP contribution in [0, 0.1) is 0 Å². The molecule has 1 saturated heterocycles. The molecular weight excluding hydrogens is 489 g/mol.